The van der Waals surface area contributed by atoms with E-state index in [1.165, 1.54) is 16.7 Å². The second-order valence-corrected chi connectivity index (χ2v) is 5.70. The molecule has 0 heterocycles. The fraction of sp³-hybridized carbons (Fsp3) is 0.294. The Balaban J connectivity index is 2.47. The van der Waals surface area contributed by atoms with Gasteiger partial charge in [0.2, 0.25) is 0 Å². The molecule has 0 bridgehead atoms. The number of benzene rings is 2. The van der Waals surface area contributed by atoms with Crippen LogP contribution in [-0.2, 0) is 0 Å². The van der Waals surface area contributed by atoms with Crippen LogP contribution in [0.4, 0.5) is 0 Å². The first kappa shape index (κ1) is 15.1. The highest BCUT2D eigenvalue weighted by molar-refractivity contribution is 9.10. The SMILES string of the molecule is CCNC(c1ccc(Br)cc1)c1cc(C)ccc1OC. The number of hydrogen-bond donors (Lipinski definition) is 1. The Morgan fingerprint density at radius 3 is 2.45 bits per heavy atom. The molecule has 0 amide bonds. The van der Waals surface area contributed by atoms with Crippen molar-refractivity contribution in [2.45, 2.75) is 19.9 Å². The predicted octanol–water partition coefficient (Wildman–Crippen LogP) is 4.47. The zero-order valence-corrected chi connectivity index (χ0v) is 13.7. The van der Waals surface area contributed by atoms with Gasteiger partial charge in [0.25, 0.3) is 0 Å². The van der Waals surface area contributed by atoms with Gasteiger partial charge in [0.1, 0.15) is 5.75 Å². The van der Waals surface area contributed by atoms with E-state index >= 15 is 0 Å². The van der Waals surface area contributed by atoms with E-state index in [0.29, 0.717) is 0 Å². The molecule has 0 spiro atoms. The van der Waals surface area contributed by atoms with Gasteiger partial charge in [-0.25, -0.2) is 0 Å². The summed E-state index contributed by atoms with van der Waals surface area (Å²) in [7, 11) is 1.72. The predicted molar refractivity (Wildman–Crippen MR) is 87.4 cm³/mol. The van der Waals surface area contributed by atoms with Crippen molar-refractivity contribution in [1.82, 2.24) is 5.32 Å². The normalized spacial score (nSPS) is 12.2. The molecule has 2 nitrogen and oxygen atoms in total. The van der Waals surface area contributed by atoms with E-state index < -0.39 is 0 Å². The number of rotatable bonds is 5. The third-order valence-electron chi connectivity index (χ3n) is 3.31. The van der Waals surface area contributed by atoms with Gasteiger partial charge in [-0.15, -0.1) is 0 Å². The molecule has 0 saturated carbocycles. The smallest absolute Gasteiger partial charge is 0.123 e. The van der Waals surface area contributed by atoms with Crippen LogP contribution in [0.15, 0.2) is 46.9 Å². The van der Waals surface area contributed by atoms with Crippen molar-refractivity contribution in [2.75, 3.05) is 13.7 Å². The summed E-state index contributed by atoms with van der Waals surface area (Å²) in [4.78, 5) is 0. The minimum absolute atomic E-state index is 0.142. The Hall–Kier alpha value is -1.32. The van der Waals surface area contributed by atoms with Crippen molar-refractivity contribution in [3.05, 3.63) is 63.6 Å². The number of methoxy groups -OCH3 is 1. The van der Waals surface area contributed by atoms with Crippen molar-refractivity contribution in [3.8, 4) is 5.75 Å². The zero-order chi connectivity index (χ0) is 14.5. The molecule has 2 rings (SSSR count). The Labute approximate surface area is 129 Å². The monoisotopic (exact) mass is 333 g/mol. The summed E-state index contributed by atoms with van der Waals surface area (Å²) in [6.45, 7) is 5.12. The van der Waals surface area contributed by atoms with Crippen molar-refractivity contribution >= 4 is 15.9 Å². The van der Waals surface area contributed by atoms with Gasteiger partial charge in [-0.2, -0.15) is 0 Å². The van der Waals surface area contributed by atoms with E-state index in [2.05, 4.69) is 71.5 Å². The number of hydrogen-bond acceptors (Lipinski definition) is 2. The molecular formula is C17H20BrNO. The van der Waals surface area contributed by atoms with E-state index in [0.717, 1.165) is 16.8 Å². The van der Waals surface area contributed by atoms with Crippen LogP contribution in [0.2, 0.25) is 0 Å². The van der Waals surface area contributed by atoms with Crippen LogP contribution in [0, 0.1) is 6.92 Å². The molecule has 0 aromatic heterocycles. The summed E-state index contributed by atoms with van der Waals surface area (Å²) in [6.07, 6.45) is 0. The van der Waals surface area contributed by atoms with E-state index in [4.69, 9.17) is 4.74 Å². The zero-order valence-electron chi connectivity index (χ0n) is 12.1. The van der Waals surface area contributed by atoms with Crippen LogP contribution < -0.4 is 10.1 Å². The van der Waals surface area contributed by atoms with E-state index in [1.54, 1.807) is 7.11 Å². The highest BCUT2D eigenvalue weighted by Crippen LogP contribution is 2.31. The lowest BCUT2D eigenvalue weighted by atomic mass is 9.96. The van der Waals surface area contributed by atoms with E-state index in [9.17, 15) is 0 Å². The quantitative estimate of drug-likeness (QED) is 0.871. The maximum Gasteiger partial charge on any atom is 0.123 e. The highest BCUT2D eigenvalue weighted by Gasteiger charge is 2.17. The number of nitrogens with one attached hydrogen (secondary N) is 1. The minimum Gasteiger partial charge on any atom is -0.496 e. The molecule has 0 aliphatic carbocycles. The largest absolute Gasteiger partial charge is 0.496 e. The Kier molecular flexibility index (Phi) is 5.21. The van der Waals surface area contributed by atoms with Gasteiger partial charge in [0.15, 0.2) is 0 Å². The third-order valence-corrected chi connectivity index (χ3v) is 3.84. The standard InChI is InChI=1S/C17H20BrNO/c1-4-19-17(13-6-8-14(18)9-7-13)15-11-12(2)5-10-16(15)20-3/h5-11,17,19H,4H2,1-3H3. The first-order valence-electron chi connectivity index (χ1n) is 6.79. The number of ether oxygens (including phenoxy) is 1. The molecule has 0 radical (unpaired) electrons. The number of halogens is 1. The van der Waals surface area contributed by atoms with Crippen LogP contribution in [0.1, 0.15) is 29.7 Å². The van der Waals surface area contributed by atoms with Crippen LogP contribution in [0.3, 0.4) is 0 Å². The topological polar surface area (TPSA) is 21.3 Å². The van der Waals surface area contributed by atoms with Gasteiger partial charge in [0.05, 0.1) is 13.2 Å². The van der Waals surface area contributed by atoms with Crippen molar-refractivity contribution in [1.29, 1.82) is 0 Å². The maximum atomic E-state index is 5.52. The molecule has 2 aromatic rings. The average Bonchev–Trinajstić information content (AvgIpc) is 2.46. The molecular weight excluding hydrogens is 314 g/mol. The lowest BCUT2D eigenvalue weighted by molar-refractivity contribution is 0.404. The molecule has 0 aliphatic heterocycles. The molecule has 106 valence electrons. The molecule has 2 aromatic carbocycles. The summed E-state index contributed by atoms with van der Waals surface area (Å²) in [5.41, 5.74) is 3.65. The fourth-order valence-corrected chi connectivity index (χ4v) is 2.61. The molecule has 0 saturated heterocycles. The lowest BCUT2D eigenvalue weighted by Crippen LogP contribution is -2.22. The molecule has 1 atom stereocenters. The molecule has 3 heteroatoms. The van der Waals surface area contributed by atoms with Gasteiger partial charge in [-0.1, -0.05) is 52.7 Å². The first-order chi connectivity index (χ1) is 9.65. The van der Waals surface area contributed by atoms with Crippen molar-refractivity contribution < 1.29 is 4.74 Å². The first-order valence-corrected chi connectivity index (χ1v) is 7.58. The summed E-state index contributed by atoms with van der Waals surface area (Å²) >= 11 is 3.48. The lowest BCUT2D eigenvalue weighted by Gasteiger charge is -2.22. The number of aryl methyl sites for hydroxylation is 1. The average molecular weight is 334 g/mol. The third kappa shape index (κ3) is 3.41. The molecule has 0 fully saturated rings. The van der Waals surface area contributed by atoms with Crippen LogP contribution in [0.5, 0.6) is 5.75 Å². The summed E-state index contributed by atoms with van der Waals surface area (Å²) in [5, 5.41) is 3.54. The molecule has 0 aliphatic rings. The van der Waals surface area contributed by atoms with E-state index in [-0.39, 0.29) is 6.04 Å². The molecule has 1 N–H and O–H groups in total. The van der Waals surface area contributed by atoms with Gasteiger partial charge in [-0.3, -0.25) is 0 Å². The van der Waals surface area contributed by atoms with Crippen LogP contribution in [-0.4, -0.2) is 13.7 Å². The fourth-order valence-electron chi connectivity index (χ4n) is 2.35. The summed E-state index contributed by atoms with van der Waals surface area (Å²) < 4.78 is 6.61. The van der Waals surface area contributed by atoms with Gasteiger partial charge < -0.3 is 10.1 Å². The molecule has 20 heavy (non-hydrogen) atoms. The maximum absolute atomic E-state index is 5.52. The van der Waals surface area contributed by atoms with Gasteiger partial charge in [0, 0.05) is 10.0 Å². The minimum atomic E-state index is 0.142. The van der Waals surface area contributed by atoms with Crippen LogP contribution >= 0.6 is 15.9 Å². The summed E-state index contributed by atoms with van der Waals surface area (Å²) in [6, 6.07) is 14.9. The van der Waals surface area contributed by atoms with Gasteiger partial charge in [-0.05, 0) is 37.2 Å². The Bertz CT molecular complexity index is 566. The van der Waals surface area contributed by atoms with Crippen molar-refractivity contribution in [3.63, 3.8) is 0 Å². The Morgan fingerprint density at radius 2 is 1.85 bits per heavy atom. The molecule has 1 unspecified atom stereocenters. The Morgan fingerprint density at radius 1 is 1.15 bits per heavy atom. The van der Waals surface area contributed by atoms with E-state index in [1.807, 2.05) is 6.07 Å². The van der Waals surface area contributed by atoms with Gasteiger partial charge >= 0.3 is 0 Å². The van der Waals surface area contributed by atoms with Crippen molar-refractivity contribution in [2.24, 2.45) is 0 Å². The second-order valence-electron chi connectivity index (χ2n) is 4.79. The summed E-state index contributed by atoms with van der Waals surface area (Å²) in [5.74, 6) is 0.921. The van der Waals surface area contributed by atoms with Crippen LogP contribution in [0.25, 0.3) is 0 Å². The highest BCUT2D eigenvalue weighted by atomic mass is 79.9. The second kappa shape index (κ2) is 6.91.